The normalized spacial score (nSPS) is 10.0. The summed E-state index contributed by atoms with van der Waals surface area (Å²) in [7, 11) is 0. The van der Waals surface area contributed by atoms with Gasteiger partial charge in [-0.05, 0) is 38.1 Å². The van der Waals surface area contributed by atoms with Crippen LogP contribution in [0.1, 0.15) is 26.7 Å². The summed E-state index contributed by atoms with van der Waals surface area (Å²) in [6.07, 6.45) is -0.357. The molecule has 1 aromatic carbocycles. The predicted molar refractivity (Wildman–Crippen MR) is 86.3 cm³/mol. The van der Waals surface area contributed by atoms with Gasteiger partial charge in [0.15, 0.2) is 0 Å². The first-order chi connectivity index (χ1) is 11.0. The molecule has 7 heteroatoms. The van der Waals surface area contributed by atoms with Gasteiger partial charge < -0.3 is 14.4 Å². The van der Waals surface area contributed by atoms with Crippen LogP contribution in [-0.2, 0) is 23.9 Å². The van der Waals surface area contributed by atoms with Crippen LogP contribution in [-0.4, -0.2) is 37.6 Å². The summed E-state index contributed by atoms with van der Waals surface area (Å²) in [6.45, 7) is 3.96. The van der Waals surface area contributed by atoms with Gasteiger partial charge >= 0.3 is 11.9 Å². The molecule has 0 radical (unpaired) electrons. The van der Waals surface area contributed by atoms with Crippen molar-refractivity contribution < 1.29 is 23.9 Å². The Hall–Kier alpha value is -2.08. The first-order valence-corrected chi connectivity index (χ1v) is 7.72. The zero-order chi connectivity index (χ0) is 17.2. The van der Waals surface area contributed by atoms with Gasteiger partial charge in [0.05, 0.1) is 19.6 Å². The highest BCUT2D eigenvalue weighted by atomic mass is 35.5. The number of benzene rings is 1. The molecule has 0 aliphatic rings. The molecule has 0 atom stereocenters. The molecule has 0 bridgehead atoms. The highest BCUT2D eigenvalue weighted by molar-refractivity contribution is 6.30. The Labute approximate surface area is 140 Å². The quantitative estimate of drug-likeness (QED) is 0.536. The summed E-state index contributed by atoms with van der Waals surface area (Å²) < 4.78 is 9.64. The third-order valence-corrected chi connectivity index (χ3v) is 3.14. The van der Waals surface area contributed by atoms with E-state index in [0.717, 1.165) is 0 Å². The van der Waals surface area contributed by atoms with Crippen LogP contribution in [0, 0.1) is 0 Å². The minimum Gasteiger partial charge on any atom is -0.466 e. The Bertz CT molecular complexity index is 544. The SMILES string of the molecule is CCOC(=O)CCN(C(=O)CC(=O)OCC)c1ccc(Cl)cc1. The number of carbonyl (C=O) groups is 3. The largest absolute Gasteiger partial charge is 0.466 e. The second kappa shape index (κ2) is 9.84. The van der Waals surface area contributed by atoms with Crippen molar-refractivity contribution in [3.63, 3.8) is 0 Å². The van der Waals surface area contributed by atoms with E-state index in [1.165, 1.54) is 4.90 Å². The number of anilines is 1. The van der Waals surface area contributed by atoms with Crippen LogP contribution in [0.2, 0.25) is 5.02 Å². The fraction of sp³-hybridized carbons (Fsp3) is 0.438. The molecule has 6 nitrogen and oxygen atoms in total. The van der Waals surface area contributed by atoms with Crippen LogP contribution in [0.4, 0.5) is 5.69 Å². The van der Waals surface area contributed by atoms with Crippen molar-refractivity contribution in [1.82, 2.24) is 0 Å². The lowest BCUT2D eigenvalue weighted by atomic mass is 10.2. The van der Waals surface area contributed by atoms with Gasteiger partial charge in [-0.15, -0.1) is 0 Å². The van der Waals surface area contributed by atoms with E-state index in [-0.39, 0.29) is 32.6 Å². The minimum absolute atomic E-state index is 0.0328. The lowest BCUT2D eigenvalue weighted by Crippen LogP contribution is -2.35. The number of ether oxygens (including phenoxy) is 2. The van der Waals surface area contributed by atoms with Crippen LogP contribution in [0.5, 0.6) is 0 Å². The first kappa shape index (κ1) is 19.0. The molecule has 0 aromatic heterocycles. The highest BCUT2D eigenvalue weighted by Crippen LogP contribution is 2.19. The monoisotopic (exact) mass is 341 g/mol. The third kappa shape index (κ3) is 6.69. The second-order valence-corrected chi connectivity index (χ2v) is 5.00. The van der Waals surface area contributed by atoms with Gasteiger partial charge in [-0.25, -0.2) is 0 Å². The molecule has 0 aliphatic carbocycles. The molecular formula is C16H20ClNO5. The molecule has 23 heavy (non-hydrogen) atoms. The molecule has 0 saturated carbocycles. The topological polar surface area (TPSA) is 72.9 Å². The van der Waals surface area contributed by atoms with E-state index >= 15 is 0 Å². The Morgan fingerprint density at radius 1 is 1.00 bits per heavy atom. The van der Waals surface area contributed by atoms with Gasteiger partial charge in [-0.1, -0.05) is 11.6 Å². The highest BCUT2D eigenvalue weighted by Gasteiger charge is 2.20. The van der Waals surface area contributed by atoms with E-state index in [1.807, 2.05) is 0 Å². The summed E-state index contributed by atoms with van der Waals surface area (Å²) in [5.41, 5.74) is 0.549. The maximum atomic E-state index is 12.3. The standard InChI is InChI=1S/C16H20ClNO5/c1-3-22-15(20)9-10-18(13-7-5-12(17)6-8-13)14(19)11-16(21)23-4-2/h5-8H,3-4,9-11H2,1-2H3. The van der Waals surface area contributed by atoms with E-state index < -0.39 is 17.8 Å². The maximum absolute atomic E-state index is 12.3. The molecule has 0 fully saturated rings. The van der Waals surface area contributed by atoms with Crippen molar-refractivity contribution in [1.29, 1.82) is 0 Å². The van der Waals surface area contributed by atoms with E-state index in [2.05, 4.69) is 0 Å². The summed E-state index contributed by atoms with van der Waals surface area (Å²) >= 11 is 5.84. The van der Waals surface area contributed by atoms with Crippen molar-refractivity contribution >= 4 is 35.1 Å². The van der Waals surface area contributed by atoms with Gasteiger partial charge in [-0.2, -0.15) is 0 Å². The van der Waals surface area contributed by atoms with Crippen LogP contribution in [0.15, 0.2) is 24.3 Å². The lowest BCUT2D eigenvalue weighted by molar-refractivity contribution is -0.145. The number of hydrogen-bond acceptors (Lipinski definition) is 5. The summed E-state index contributed by atoms with van der Waals surface area (Å²) in [6, 6.07) is 6.56. The average molecular weight is 342 g/mol. The molecule has 0 unspecified atom stereocenters. The minimum atomic E-state index is -0.604. The number of rotatable bonds is 8. The molecule has 0 aliphatic heterocycles. The van der Waals surface area contributed by atoms with Crippen molar-refractivity contribution in [2.75, 3.05) is 24.7 Å². The molecule has 0 heterocycles. The molecule has 1 rings (SSSR count). The summed E-state index contributed by atoms with van der Waals surface area (Å²) in [4.78, 5) is 36.7. The van der Waals surface area contributed by atoms with Gasteiger partial charge in [0.25, 0.3) is 0 Å². The lowest BCUT2D eigenvalue weighted by Gasteiger charge is -2.22. The smallest absolute Gasteiger partial charge is 0.315 e. The number of carbonyl (C=O) groups excluding carboxylic acids is 3. The molecule has 0 N–H and O–H groups in total. The number of hydrogen-bond donors (Lipinski definition) is 0. The number of amides is 1. The molecular weight excluding hydrogens is 322 g/mol. The number of halogens is 1. The van der Waals surface area contributed by atoms with E-state index in [4.69, 9.17) is 21.1 Å². The molecule has 0 saturated heterocycles. The van der Waals surface area contributed by atoms with Crippen molar-refractivity contribution in [3.8, 4) is 0 Å². The predicted octanol–water partition coefficient (Wildman–Crippen LogP) is 2.58. The maximum Gasteiger partial charge on any atom is 0.315 e. The summed E-state index contributed by atoms with van der Waals surface area (Å²) in [5.74, 6) is -1.46. The molecule has 0 spiro atoms. The Morgan fingerprint density at radius 2 is 1.57 bits per heavy atom. The Kier molecular flexibility index (Phi) is 8.11. The Balaban J connectivity index is 2.83. The van der Waals surface area contributed by atoms with Gasteiger partial charge in [0.1, 0.15) is 6.42 Å². The zero-order valence-electron chi connectivity index (χ0n) is 13.2. The summed E-state index contributed by atoms with van der Waals surface area (Å²) in [5, 5.41) is 0.525. The van der Waals surface area contributed by atoms with Gasteiger partial charge in [0, 0.05) is 17.3 Å². The fourth-order valence-electron chi connectivity index (χ4n) is 1.89. The number of esters is 2. The van der Waals surface area contributed by atoms with Crippen LogP contribution in [0.25, 0.3) is 0 Å². The molecule has 1 aromatic rings. The Morgan fingerprint density at radius 3 is 2.13 bits per heavy atom. The first-order valence-electron chi connectivity index (χ1n) is 7.35. The zero-order valence-corrected chi connectivity index (χ0v) is 14.0. The fourth-order valence-corrected chi connectivity index (χ4v) is 2.01. The van der Waals surface area contributed by atoms with Crippen LogP contribution >= 0.6 is 11.6 Å². The molecule has 1 amide bonds. The average Bonchev–Trinajstić information content (AvgIpc) is 2.49. The van der Waals surface area contributed by atoms with Crippen LogP contribution in [0.3, 0.4) is 0 Å². The molecule has 126 valence electrons. The number of nitrogens with zero attached hydrogens (tertiary/aromatic N) is 1. The van der Waals surface area contributed by atoms with E-state index in [9.17, 15) is 14.4 Å². The van der Waals surface area contributed by atoms with E-state index in [1.54, 1.807) is 38.1 Å². The van der Waals surface area contributed by atoms with Gasteiger partial charge in [0.2, 0.25) is 5.91 Å². The van der Waals surface area contributed by atoms with Crippen molar-refractivity contribution in [2.45, 2.75) is 26.7 Å². The van der Waals surface area contributed by atoms with Gasteiger partial charge in [-0.3, -0.25) is 14.4 Å². The van der Waals surface area contributed by atoms with Crippen LogP contribution < -0.4 is 4.90 Å². The van der Waals surface area contributed by atoms with E-state index in [0.29, 0.717) is 10.7 Å². The second-order valence-electron chi connectivity index (χ2n) is 4.56. The van der Waals surface area contributed by atoms with Crippen molar-refractivity contribution in [2.24, 2.45) is 0 Å². The third-order valence-electron chi connectivity index (χ3n) is 2.89. The van der Waals surface area contributed by atoms with Crippen molar-refractivity contribution in [3.05, 3.63) is 29.3 Å².